The van der Waals surface area contributed by atoms with E-state index in [1.54, 1.807) is 0 Å². The van der Waals surface area contributed by atoms with Crippen LogP contribution in [0.5, 0.6) is 0 Å². The van der Waals surface area contributed by atoms with Gasteiger partial charge >= 0.3 is 6.09 Å². The standard InChI is InChI=1S/C16H16BrNO2/c1-12-14(8-5-9-15(12)17)10-18-16(19)20-11-13-6-3-2-4-7-13/h2-9H,10-11H2,1H3,(H,18,19). The molecule has 0 aliphatic rings. The third kappa shape index (κ3) is 4.10. The predicted molar refractivity (Wildman–Crippen MR) is 82.3 cm³/mol. The molecule has 4 heteroatoms. The van der Waals surface area contributed by atoms with Crippen molar-refractivity contribution in [2.75, 3.05) is 0 Å². The predicted octanol–water partition coefficient (Wildman–Crippen LogP) is 4.18. The van der Waals surface area contributed by atoms with Crippen LogP contribution >= 0.6 is 15.9 Å². The Labute approximate surface area is 127 Å². The molecule has 0 saturated carbocycles. The molecule has 1 N–H and O–H groups in total. The van der Waals surface area contributed by atoms with E-state index >= 15 is 0 Å². The van der Waals surface area contributed by atoms with Crippen LogP contribution in [0.3, 0.4) is 0 Å². The Morgan fingerprint density at radius 2 is 1.90 bits per heavy atom. The molecule has 2 aromatic rings. The van der Waals surface area contributed by atoms with Gasteiger partial charge in [0.15, 0.2) is 0 Å². The molecule has 104 valence electrons. The van der Waals surface area contributed by atoms with Gasteiger partial charge in [-0.15, -0.1) is 0 Å². The van der Waals surface area contributed by atoms with Crippen LogP contribution in [0, 0.1) is 6.92 Å². The number of carbonyl (C=O) groups is 1. The molecule has 0 aliphatic carbocycles. The van der Waals surface area contributed by atoms with E-state index in [2.05, 4.69) is 21.2 Å². The fraction of sp³-hybridized carbons (Fsp3) is 0.188. The average Bonchev–Trinajstić information content (AvgIpc) is 2.48. The van der Waals surface area contributed by atoms with Gasteiger partial charge in [0.25, 0.3) is 0 Å². The molecule has 20 heavy (non-hydrogen) atoms. The summed E-state index contributed by atoms with van der Waals surface area (Å²) in [5.41, 5.74) is 3.16. The van der Waals surface area contributed by atoms with Gasteiger partial charge in [-0.3, -0.25) is 0 Å². The Morgan fingerprint density at radius 1 is 1.15 bits per heavy atom. The third-order valence-corrected chi connectivity index (χ3v) is 3.87. The molecule has 0 saturated heterocycles. The number of ether oxygens (including phenoxy) is 1. The first kappa shape index (κ1) is 14.6. The molecule has 0 aromatic heterocycles. The number of amides is 1. The lowest BCUT2D eigenvalue weighted by molar-refractivity contribution is 0.139. The maximum absolute atomic E-state index is 11.6. The highest BCUT2D eigenvalue weighted by atomic mass is 79.9. The zero-order valence-electron chi connectivity index (χ0n) is 11.2. The van der Waals surface area contributed by atoms with Crippen molar-refractivity contribution >= 4 is 22.0 Å². The molecule has 0 fully saturated rings. The van der Waals surface area contributed by atoms with Crippen LogP contribution in [0.2, 0.25) is 0 Å². The Hall–Kier alpha value is -1.81. The van der Waals surface area contributed by atoms with Crippen molar-refractivity contribution in [3.05, 3.63) is 69.7 Å². The molecule has 1 amide bonds. The number of hydrogen-bond acceptors (Lipinski definition) is 2. The minimum atomic E-state index is -0.409. The maximum Gasteiger partial charge on any atom is 0.407 e. The summed E-state index contributed by atoms with van der Waals surface area (Å²) in [7, 11) is 0. The smallest absolute Gasteiger partial charge is 0.407 e. The number of halogens is 1. The lowest BCUT2D eigenvalue weighted by atomic mass is 10.1. The SMILES string of the molecule is Cc1c(Br)cccc1CNC(=O)OCc1ccccc1. The van der Waals surface area contributed by atoms with E-state index in [4.69, 9.17) is 4.74 Å². The molecular weight excluding hydrogens is 318 g/mol. The van der Waals surface area contributed by atoms with Crippen molar-refractivity contribution in [1.82, 2.24) is 5.32 Å². The number of nitrogens with one attached hydrogen (secondary N) is 1. The second kappa shape index (κ2) is 7.10. The average molecular weight is 334 g/mol. The van der Waals surface area contributed by atoms with Crippen LogP contribution < -0.4 is 5.32 Å². The van der Waals surface area contributed by atoms with Gasteiger partial charge in [0.2, 0.25) is 0 Å². The van der Waals surface area contributed by atoms with Crippen LogP contribution in [0.25, 0.3) is 0 Å². The minimum absolute atomic E-state index is 0.282. The Bertz CT molecular complexity index is 584. The van der Waals surface area contributed by atoms with E-state index in [9.17, 15) is 4.79 Å². The molecule has 2 aromatic carbocycles. The first-order valence-corrected chi connectivity index (χ1v) is 7.14. The summed E-state index contributed by atoms with van der Waals surface area (Å²) in [4.78, 5) is 11.6. The van der Waals surface area contributed by atoms with E-state index in [1.807, 2.05) is 55.5 Å². The van der Waals surface area contributed by atoms with Crippen LogP contribution in [-0.2, 0) is 17.9 Å². The van der Waals surface area contributed by atoms with Gasteiger partial charge in [0.1, 0.15) is 6.61 Å². The van der Waals surface area contributed by atoms with E-state index in [-0.39, 0.29) is 6.61 Å². The summed E-state index contributed by atoms with van der Waals surface area (Å²) in [6.45, 7) is 2.75. The topological polar surface area (TPSA) is 38.3 Å². The molecule has 0 radical (unpaired) electrons. The highest BCUT2D eigenvalue weighted by molar-refractivity contribution is 9.10. The summed E-state index contributed by atoms with van der Waals surface area (Å²) in [5, 5.41) is 2.76. The maximum atomic E-state index is 11.6. The summed E-state index contributed by atoms with van der Waals surface area (Å²) in [6.07, 6.45) is -0.409. The second-order valence-electron chi connectivity index (χ2n) is 4.44. The quantitative estimate of drug-likeness (QED) is 0.911. The first-order chi connectivity index (χ1) is 9.66. The number of rotatable bonds is 4. The molecule has 2 rings (SSSR count). The van der Waals surface area contributed by atoms with Gasteiger partial charge in [-0.25, -0.2) is 4.79 Å². The fourth-order valence-electron chi connectivity index (χ4n) is 1.79. The van der Waals surface area contributed by atoms with Gasteiger partial charge in [-0.1, -0.05) is 58.4 Å². The third-order valence-electron chi connectivity index (χ3n) is 3.02. The van der Waals surface area contributed by atoms with Crippen molar-refractivity contribution in [3.63, 3.8) is 0 Å². The van der Waals surface area contributed by atoms with Gasteiger partial charge in [0.05, 0.1) is 0 Å². The van der Waals surface area contributed by atoms with Gasteiger partial charge in [-0.05, 0) is 29.7 Å². The summed E-state index contributed by atoms with van der Waals surface area (Å²) < 4.78 is 6.19. The van der Waals surface area contributed by atoms with E-state index < -0.39 is 6.09 Å². The molecule has 0 atom stereocenters. The van der Waals surface area contributed by atoms with Crippen LogP contribution in [0.4, 0.5) is 4.79 Å². The number of alkyl carbamates (subject to hydrolysis) is 1. The molecule has 0 unspecified atom stereocenters. The molecule has 0 heterocycles. The fourth-order valence-corrected chi connectivity index (χ4v) is 2.19. The lowest BCUT2D eigenvalue weighted by Gasteiger charge is -2.10. The molecule has 3 nitrogen and oxygen atoms in total. The monoisotopic (exact) mass is 333 g/mol. The second-order valence-corrected chi connectivity index (χ2v) is 5.29. The van der Waals surface area contributed by atoms with E-state index in [0.717, 1.165) is 21.2 Å². The van der Waals surface area contributed by atoms with Crippen LogP contribution in [0.15, 0.2) is 53.0 Å². The lowest BCUT2D eigenvalue weighted by Crippen LogP contribution is -2.24. The molecule has 0 aliphatic heterocycles. The van der Waals surface area contributed by atoms with Crippen molar-refractivity contribution in [2.45, 2.75) is 20.1 Å². The zero-order chi connectivity index (χ0) is 14.4. The highest BCUT2D eigenvalue weighted by Gasteiger charge is 2.05. The van der Waals surface area contributed by atoms with Crippen LogP contribution in [-0.4, -0.2) is 6.09 Å². The Kier molecular flexibility index (Phi) is 5.18. The van der Waals surface area contributed by atoms with Crippen molar-refractivity contribution < 1.29 is 9.53 Å². The first-order valence-electron chi connectivity index (χ1n) is 6.35. The van der Waals surface area contributed by atoms with Crippen LogP contribution in [0.1, 0.15) is 16.7 Å². The van der Waals surface area contributed by atoms with E-state index in [0.29, 0.717) is 6.54 Å². The zero-order valence-corrected chi connectivity index (χ0v) is 12.8. The van der Waals surface area contributed by atoms with Gasteiger partial charge in [-0.2, -0.15) is 0 Å². The highest BCUT2D eigenvalue weighted by Crippen LogP contribution is 2.19. The van der Waals surface area contributed by atoms with Crippen molar-refractivity contribution in [1.29, 1.82) is 0 Å². The summed E-state index contributed by atoms with van der Waals surface area (Å²) in [5.74, 6) is 0. The van der Waals surface area contributed by atoms with Crippen molar-refractivity contribution in [3.8, 4) is 0 Å². The normalized spacial score (nSPS) is 10.1. The summed E-state index contributed by atoms with van der Waals surface area (Å²) in [6, 6.07) is 15.5. The van der Waals surface area contributed by atoms with Crippen molar-refractivity contribution in [2.24, 2.45) is 0 Å². The van der Waals surface area contributed by atoms with Gasteiger partial charge in [0, 0.05) is 11.0 Å². The molecule has 0 bridgehead atoms. The largest absolute Gasteiger partial charge is 0.445 e. The summed E-state index contributed by atoms with van der Waals surface area (Å²) >= 11 is 3.47. The van der Waals surface area contributed by atoms with E-state index in [1.165, 1.54) is 0 Å². The number of carbonyl (C=O) groups excluding carboxylic acids is 1. The Balaban J connectivity index is 1.82. The molecule has 0 spiro atoms. The number of hydrogen-bond donors (Lipinski definition) is 1. The Morgan fingerprint density at radius 3 is 2.65 bits per heavy atom. The molecular formula is C16H16BrNO2. The minimum Gasteiger partial charge on any atom is -0.445 e. The van der Waals surface area contributed by atoms with Gasteiger partial charge < -0.3 is 10.1 Å². The number of benzene rings is 2.